The van der Waals surface area contributed by atoms with Gasteiger partial charge in [-0.3, -0.25) is 4.79 Å². The molecule has 9 heteroatoms. The average molecular weight is 399 g/mol. The molecular formula is C17H26N4O3S2. The number of carbonyl (C=O) groups excluding carboxylic acids is 1. The maximum Gasteiger partial charge on any atom is 0.245 e. The molecule has 1 aromatic carbocycles. The third-order valence-electron chi connectivity index (χ3n) is 4.43. The first kappa shape index (κ1) is 20.7. The molecule has 26 heavy (non-hydrogen) atoms. The predicted octanol–water partition coefficient (Wildman–Crippen LogP) is 2.64. The average Bonchev–Trinajstić information content (AvgIpc) is 3.10. The van der Waals surface area contributed by atoms with Crippen LogP contribution in [0.4, 0.5) is 0 Å². The number of benzene rings is 1. The molecule has 1 atom stereocenters. The molecule has 144 valence electrons. The fourth-order valence-electron chi connectivity index (χ4n) is 2.70. The van der Waals surface area contributed by atoms with Crippen molar-refractivity contribution in [1.82, 2.24) is 18.4 Å². The number of rotatable bonds is 10. The summed E-state index contributed by atoms with van der Waals surface area (Å²) in [6.45, 7) is 4.60. The topological polar surface area (TPSA) is 92.3 Å². The van der Waals surface area contributed by atoms with E-state index in [0.717, 1.165) is 41.7 Å². The van der Waals surface area contributed by atoms with Crippen molar-refractivity contribution in [2.45, 2.75) is 44.4 Å². The number of sulfonamides is 1. The van der Waals surface area contributed by atoms with E-state index >= 15 is 0 Å². The summed E-state index contributed by atoms with van der Waals surface area (Å²) in [6.07, 6.45) is 4.32. The molecule has 0 radical (unpaired) electrons. The highest BCUT2D eigenvalue weighted by atomic mass is 32.2. The first-order valence-corrected chi connectivity index (χ1v) is 11.0. The molecule has 0 bridgehead atoms. The Morgan fingerprint density at radius 1 is 1.31 bits per heavy atom. The van der Waals surface area contributed by atoms with Crippen LogP contribution in [0.25, 0.3) is 11.0 Å². The SMILES string of the molecule is CCCC[C@@H](CC)CNC(=O)CN(C)S(=O)(=O)c1cccc2nsnc12. The van der Waals surface area contributed by atoms with E-state index in [2.05, 4.69) is 27.9 Å². The van der Waals surface area contributed by atoms with Crippen molar-refractivity contribution >= 4 is 38.7 Å². The highest BCUT2D eigenvalue weighted by Crippen LogP contribution is 2.23. The standard InChI is InChI=1S/C17H26N4O3S2/c1-4-6-8-13(5-2)11-18-16(22)12-21(3)26(23,24)15-10-7-9-14-17(15)20-25-19-14/h7,9-10,13H,4-6,8,11-12H2,1-3H3,(H,18,22)/t13-/m1/s1. The summed E-state index contributed by atoms with van der Waals surface area (Å²) in [5, 5.41) is 2.86. The van der Waals surface area contributed by atoms with Gasteiger partial charge in [0.1, 0.15) is 15.9 Å². The fourth-order valence-corrected chi connectivity index (χ4v) is 4.58. The molecule has 0 unspecified atom stereocenters. The Kier molecular flexibility index (Phi) is 7.48. The van der Waals surface area contributed by atoms with Crippen LogP contribution in [-0.4, -0.2) is 47.5 Å². The Labute approximate surface area is 159 Å². The van der Waals surface area contributed by atoms with Crippen LogP contribution in [-0.2, 0) is 14.8 Å². The summed E-state index contributed by atoms with van der Waals surface area (Å²) in [6, 6.07) is 4.83. The van der Waals surface area contributed by atoms with Gasteiger partial charge in [-0.1, -0.05) is 39.2 Å². The lowest BCUT2D eigenvalue weighted by atomic mass is 9.99. The second kappa shape index (κ2) is 9.38. The Morgan fingerprint density at radius 2 is 2.08 bits per heavy atom. The van der Waals surface area contributed by atoms with Gasteiger partial charge in [0.05, 0.1) is 18.3 Å². The maximum absolute atomic E-state index is 12.8. The van der Waals surface area contributed by atoms with Gasteiger partial charge in [-0.05, 0) is 24.5 Å². The zero-order chi connectivity index (χ0) is 19.2. The molecule has 0 saturated carbocycles. The smallest absolute Gasteiger partial charge is 0.245 e. The van der Waals surface area contributed by atoms with Crippen LogP contribution in [0.15, 0.2) is 23.1 Å². The summed E-state index contributed by atoms with van der Waals surface area (Å²) in [7, 11) is -2.41. The lowest BCUT2D eigenvalue weighted by molar-refractivity contribution is -0.121. The van der Waals surface area contributed by atoms with E-state index in [1.165, 1.54) is 13.1 Å². The van der Waals surface area contributed by atoms with E-state index < -0.39 is 10.0 Å². The minimum Gasteiger partial charge on any atom is -0.355 e. The molecule has 2 aromatic rings. The molecule has 1 heterocycles. The molecule has 1 aromatic heterocycles. The summed E-state index contributed by atoms with van der Waals surface area (Å²) in [4.78, 5) is 12.3. The van der Waals surface area contributed by atoms with Crippen molar-refractivity contribution in [3.05, 3.63) is 18.2 Å². The van der Waals surface area contributed by atoms with E-state index in [1.807, 2.05) is 0 Å². The molecule has 0 saturated heterocycles. The Morgan fingerprint density at radius 3 is 2.77 bits per heavy atom. The number of fused-ring (bicyclic) bond motifs is 1. The summed E-state index contributed by atoms with van der Waals surface area (Å²) < 4.78 is 34.8. The largest absolute Gasteiger partial charge is 0.355 e. The number of hydrogen-bond donors (Lipinski definition) is 1. The monoisotopic (exact) mass is 398 g/mol. The van der Waals surface area contributed by atoms with Crippen LogP contribution in [0.2, 0.25) is 0 Å². The molecule has 0 fully saturated rings. The number of hydrogen-bond acceptors (Lipinski definition) is 6. The van der Waals surface area contributed by atoms with E-state index in [-0.39, 0.29) is 17.3 Å². The minimum absolute atomic E-state index is 0.0773. The third-order valence-corrected chi connectivity index (χ3v) is 6.81. The van der Waals surface area contributed by atoms with Crippen LogP contribution < -0.4 is 5.32 Å². The third kappa shape index (κ3) is 4.99. The fraction of sp³-hybridized carbons (Fsp3) is 0.588. The molecule has 1 N–H and O–H groups in total. The number of amides is 1. The first-order valence-electron chi connectivity index (χ1n) is 8.84. The van der Waals surface area contributed by atoms with Gasteiger partial charge in [-0.2, -0.15) is 13.1 Å². The summed E-state index contributed by atoms with van der Waals surface area (Å²) >= 11 is 0.967. The molecular weight excluding hydrogens is 372 g/mol. The van der Waals surface area contributed by atoms with Crippen LogP contribution in [0.3, 0.4) is 0 Å². The lowest BCUT2D eigenvalue weighted by Crippen LogP contribution is -2.40. The number of aromatic nitrogens is 2. The van der Waals surface area contributed by atoms with E-state index in [9.17, 15) is 13.2 Å². The maximum atomic E-state index is 12.8. The van der Waals surface area contributed by atoms with Gasteiger partial charge >= 0.3 is 0 Å². The zero-order valence-corrected chi connectivity index (χ0v) is 17.1. The van der Waals surface area contributed by atoms with Gasteiger partial charge < -0.3 is 5.32 Å². The molecule has 0 aliphatic carbocycles. The summed E-state index contributed by atoms with van der Waals surface area (Å²) in [5.74, 6) is 0.130. The van der Waals surface area contributed by atoms with Crippen LogP contribution >= 0.6 is 11.7 Å². The number of nitrogens with zero attached hydrogens (tertiary/aromatic N) is 3. The lowest BCUT2D eigenvalue weighted by Gasteiger charge is -2.19. The Hall–Kier alpha value is -1.58. The Bertz CT molecular complexity index is 835. The molecule has 0 aliphatic rings. The predicted molar refractivity (Wildman–Crippen MR) is 104 cm³/mol. The van der Waals surface area contributed by atoms with Gasteiger partial charge in [0, 0.05) is 13.6 Å². The molecule has 1 amide bonds. The molecule has 2 rings (SSSR count). The van der Waals surface area contributed by atoms with Gasteiger partial charge in [0.25, 0.3) is 0 Å². The molecule has 0 aliphatic heterocycles. The molecule has 7 nitrogen and oxygen atoms in total. The highest BCUT2D eigenvalue weighted by Gasteiger charge is 2.26. The quantitative estimate of drug-likeness (QED) is 0.664. The van der Waals surface area contributed by atoms with Crippen molar-refractivity contribution in [2.24, 2.45) is 5.92 Å². The number of likely N-dealkylation sites (N-methyl/N-ethyl adjacent to an activating group) is 1. The first-order chi connectivity index (χ1) is 12.4. The number of carbonyl (C=O) groups is 1. The second-order valence-corrected chi connectivity index (χ2v) is 8.91. The van der Waals surface area contributed by atoms with E-state index in [1.54, 1.807) is 12.1 Å². The van der Waals surface area contributed by atoms with E-state index in [4.69, 9.17) is 0 Å². The van der Waals surface area contributed by atoms with Crippen molar-refractivity contribution in [1.29, 1.82) is 0 Å². The van der Waals surface area contributed by atoms with Crippen LogP contribution in [0, 0.1) is 5.92 Å². The minimum atomic E-state index is -3.81. The van der Waals surface area contributed by atoms with Crippen molar-refractivity contribution in [3.63, 3.8) is 0 Å². The van der Waals surface area contributed by atoms with E-state index in [0.29, 0.717) is 23.5 Å². The van der Waals surface area contributed by atoms with Crippen molar-refractivity contribution in [3.8, 4) is 0 Å². The van der Waals surface area contributed by atoms with Crippen molar-refractivity contribution in [2.75, 3.05) is 20.1 Å². The normalized spacial score (nSPS) is 13.2. The van der Waals surface area contributed by atoms with Gasteiger partial charge in [0.15, 0.2) is 0 Å². The highest BCUT2D eigenvalue weighted by molar-refractivity contribution is 7.89. The van der Waals surface area contributed by atoms with Gasteiger partial charge in [-0.25, -0.2) is 8.42 Å². The number of nitrogens with one attached hydrogen (secondary N) is 1. The number of unbranched alkanes of at least 4 members (excludes halogenated alkanes) is 1. The zero-order valence-electron chi connectivity index (χ0n) is 15.4. The van der Waals surface area contributed by atoms with Crippen molar-refractivity contribution < 1.29 is 13.2 Å². The Balaban J connectivity index is 2.00. The van der Waals surface area contributed by atoms with Crippen LogP contribution in [0.5, 0.6) is 0 Å². The summed E-state index contributed by atoms with van der Waals surface area (Å²) in [5.41, 5.74) is 0.881. The van der Waals surface area contributed by atoms with Gasteiger partial charge in [-0.15, -0.1) is 0 Å². The van der Waals surface area contributed by atoms with Gasteiger partial charge in [0.2, 0.25) is 15.9 Å². The molecule has 0 spiro atoms. The second-order valence-electron chi connectivity index (χ2n) is 6.37. The van der Waals surface area contributed by atoms with Crippen LogP contribution in [0.1, 0.15) is 39.5 Å².